The monoisotopic (exact) mass is 928 g/mol. The Morgan fingerprint density at radius 2 is 1.25 bits per heavy atom. The fourth-order valence-corrected chi connectivity index (χ4v) is 9.06. The zero-order chi connectivity index (χ0) is 47.5. The van der Waals surface area contributed by atoms with Gasteiger partial charge in [-0.15, -0.1) is 11.3 Å². The van der Waals surface area contributed by atoms with Crippen molar-refractivity contribution in [1.82, 2.24) is 4.98 Å². The second kappa shape index (κ2) is 22.0. The Balaban J connectivity index is 0.948. The summed E-state index contributed by atoms with van der Waals surface area (Å²) in [6, 6.07) is 18.8. The summed E-state index contributed by atoms with van der Waals surface area (Å²) in [6.07, 6.45) is 12.5. The molecule has 67 heavy (non-hydrogen) atoms. The first-order chi connectivity index (χ1) is 32.3. The van der Waals surface area contributed by atoms with Gasteiger partial charge in [-0.1, -0.05) is 32.2 Å². The molecule has 15 heteroatoms. The van der Waals surface area contributed by atoms with Crippen LogP contribution in [-0.2, 0) is 38.2 Å². The van der Waals surface area contributed by atoms with Crippen molar-refractivity contribution in [2.75, 3.05) is 6.54 Å². The van der Waals surface area contributed by atoms with Gasteiger partial charge in [-0.3, -0.25) is 24.2 Å². The van der Waals surface area contributed by atoms with Gasteiger partial charge in [0.1, 0.15) is 34.4 Å². The molecule has 14 nitrogen and oxygen atoms in total. The van der Waals surface area contributed by atoms with Crippen molar-refractivity contribution in [3.63, 3.8) is 0 Å². The van der Waals surface area contributed by atoms with Crippen LogP contribution in [0.3, 0.4) is 0 Å². The van der Waals surface area contributed by atoms with Gasteiger partial charge < -0.3 is 28.4 Å². The highest BCUT2D eigenvalue weighted by Crippen LogP contribution is 2.36. The zero-order valence-electron chi connectivity index (χ0n) is 37.4. The van der Waals surface area contributed by atoms with Crippen LogP contribution in [0.15, 0.2) is 121 Å². The van der Waals surface area contributed by atoms with E-state index in [2.05, 4.69) is 13.2 Å². The average molecular weight is 929 g/mol. The summed E-state index contributed by atoms with van der Waals surface area (Å²) in [5.74, 6) is -3.06. The summed E-state index contributed by atoms with van der Waals surface area (Å²) < 4.78 is 34.6. The Kier molecular flexibility index (Phi) is 15.7. The molecule has 2 unspecified atom stereocenters. The van der Waals surface area contributed by atoms with Crippen LogP contribution in [0.25, 0.3) is 10.2 Å². The molecule has 2 saturated carbocycles. The molecule has 0 bridgehead atoms. The molecule has 0 amide bonds. The SMILES string of the molecule is C=CC(=O)Oc1ccc(OC(=O)C2CCC(C(=O)Oc3ccc(OC(=O)C4CCC(C(=O)OC5=CCC(C)(OC(=O)C=C)C=C5)CC4)cc3C=NCC(C)c3nc4ccccc4s3)CC2)cc1. The van der Waals surface area contributed by atoms with Gasteiger partial charge in [0.15, 0.2) is 0 Å². The van der Waals surface area contributed by atoms with Crippen LogP contribution in [-0.4, -0.2) is 59.2 Å². The second-order valence-electron chi connectivity index (χ2n) is 17.1. The van der Waals surface area contributed by atoms with Crippen molar-refractivity contribution in [1.29, 1.82) is 0 Å². The third kappa shape index (κ3) is 12.9. The van der Waals surface area contributed by atoms with Crippen molar-refractivity contribution in [2.45, 2.75) is 83.2 Å². The Labute approximate surface area is 392 Å². The maximum absolute atomic E-state index is 13.6. The van der Waals surface area contributed by atoms with Gasteiger partial charge >= 0.3 is 35.8 Å². The van der Waals surface area contributed by atoms with Crippen LogP contribution in [0.5, 0.6) is 23.0 Å². The molecule has 3 aliphatic carbocycles. The number of carbonyl (C=O) groups excluding carboxylic acids is 6. The summed E-state index contributed by atoms with van der Waals surface area (Å²) in [4.78, 5) is 85.8. The summed E-state index contributed by atoms with van der Waals surface area (Å²) >= 11 is 1.61. The van der Waals surface area contributed by atoms with Gasteiger partial charge in [-0.05, 0) is 131 Å². The van der Waals surface area contributed by atoms with E-state index in [1.807, 2.05) is 31.2 Å². The lowest BCUT2D eigenvalue weighted by atomic mass is 9.82. The average Bonchev–Trinajstić information content (AvgIpc) is 3.78. The molecule has 4 aromatic rings. The number of benzene rings is 3. The van der Waals surface area contributed by atoms with Gasteiger partial charge in [-0.2, -0.15) is 0 Å². The largest absolute Gasteiger partial charge is 0.452 e. The maximum Gasteiger partial charge on any atom is 0.335 e. The molecule has 3 aliphatic rings. The molecule has 348 valence electrons. The van der Waals surface area contributed by atoms with Crippen molar-refractivity contribution >= 4 is 63.6 Å². The highest BCUT2D eigenvalue weighted by Gasteiger charge is 2.35. The number of para-hydroxylation sites is 1. The van der Waals surface area contributed by atoms with Gasteiger partial charge in [-0.25, -0.2) is 14.6 Å². The van der Waals surface area contributed by atoms with E-state index >= 15 is 0 Å². The van der Waals surface area contributed by atoms with E-state index in [1.165, 1.54) is 24.3 Å². The first-order valence-corrected chi connectivity index (χ1v) is 23.1. The number of thiazole rings is 1. The molecule has 0 spiro atoms. The second-order valence-corrected chi connectivity index (χ2v) is 18.1. The number of esters is 6. The lowest BCUT2D eigenvalue weighted by molar-refractivity contribution is -0.149. The van der Waals surface area contributed by atoms with E-state index in [0.717, 1.165) is 27.4 Å². The van der Waals surface area contributed by atoms with Gasteiger partial charge in [0, 0.05) is 42.8 Å². The minimum Gasteiger partial charge on any atom is -0.452 e. The Morgan fingerprint density at radius 1 is 0.716 bits per heavy atom. The summed E-state index contributed by atoms with van der Waals surface area (Å²) in [5, 5.41) is 0.943. The van der Waals surface area contributed by atoms with Crippen molar-refractivity contribution in [3.8, 4) is 23.0 Å². The predicted octanol–water partition coefficient (Wildman–Crippen LogP) is 9.51. The molecule has 0 radical (unpaired) electrons. The van der Waals surface area contributed by atoms with E-state index in [0.29, 0.717) is 81.4 Å². The Morgan fingerprint density at radius 3 is 1.82 bits per heavy atom. The van der Waals surface area contributed by atoms with E-state index in [-0.39, 0.29) is 29.1 Å². The summed E-state index contributed by atoms with van der Waals surface area (Å²) in [6.45, 7) is 11.0. The van der Waals surface area contributed by atoms with E-state index in [9.17, 15) is 28.8 Å². The smallest absolute Gasteiger partial charge is 0.335 e. The van der Waals surface area contributed by atoms with Crippen LogP contribution in [0, 0.1) is 23.7 Å². The molecular weight excluding hydrogens is 877 g/mol. The maximum atomic E-state index is 13.6. The number of allylic oxidation sites excluding steroid dienone is 1. The standard InChI is InChI=1S/C52H52N2O12S/c1-5-45(55)61-38-19-21-39(22-20-38)62-48(57)33-15-17-36(18-16-33)51(60)65-43-24-23-41(29-37(43)31-53-30-32(3)47-54-42-9-7-8-10-44(42)67-47)64-50(59)35-13-11-34(12-14-35)49(58)63-40-25-27-52(4,28-26-40)66-46(56)6-2/h5-10,19-27,29,31-36H,1-2,11-18,28,30H2,3-4H3. The molecule has 3 aromatic carbocycles. The number of hydrogen-bond donors (Lipinski definition) is 0. The molecule has 0 N–H and O–H groups in total. The van der Waals surface area contributed by atoms with Crippen molar-refractivity contribution < 1.29 is 57.2 Å². The molecular formula is C52H52N2O12S. The molecule has 2 fully saturated rings. The predicted molar refractivity (Wildman–Crippen MR) is 250 cm³/mol. The number of aromatic nitrogens is 1. The highest BCUT2D eigenvalue weighted by atomic mass is 32.1. The number of ether oxygens (including phenoxy) is 6. The van der Waals surface area contributed by atoms with Crippen molar-refractivity contribution in [2.24, 2.45) is 28.7 Å². The van der Waals surface area contributed by atoms with Crippen LogP contribution >= 0.6 is 11.3 Å². The minimum absolute atomic E-state index is 0.00284. The highest BCUT2D eigenvalue weighted by molar-refractivity contribution is 7.18. The molecule has 7 rings (SSSR count). The summed E-state index contributed by atoms with van der Waals surface area (Å²) in [5.41, 5.74) is 0.504. The van der Waals surface area contributed by atoms with Gasteiger partial charge in [0.25, 0.3) is 0 Å². The number of carbonyl (C=O) groups is 6. The Hall–Kier alpha value is -7.00. The third-order valence-corrected chi connectivity index (χ3v) is 13.3. The lowest BCUT2D eigenvalue weighted by Gasteiger charge is -2.28. The number of rotatable bonds is 16. The molecule has 0 saturated heterocycles. The third-order valence-electron chi connectivity index (χ3n) is 12.0. The number of hydrogen-bond acceptors (Lipinski definition) is 15. The van der Waals surface area contributed by atoms with Crippen LogP contribution < -0.4 is 18.9 Å². The van der Waals surface area contributed by atoms with Crippen molar-refractivity contribution in [3.05, 3.63) is 127 Å². The number of fused-ring (bicyclic) bond motifs is 1. The molecule has 1 aromatic heterocycles. The molecule has 1 heterocycles. The lowest BCUT2D eigenvalue weighted by Crippen LogP contribution is -2.31. The van der Waals surface area contributed by atoms with E-state index in [4.69, 9.17) is 38.4 Å². The van der Waals surface area contributed by atoms with Gasteiger partial charge in [0.05, 0.1) is 38.9 Å². The van der Waals surface area contributed by atoms with Crippen LogP contribution in [0.4, 0.5) is 0 Å². The normalized spacial score (nSPS) is 21.9. The fourth-order valence-electron chi connectivity index (χ4n) is 8.05. The van der Waals surface area contributed by atoms with Crippen LogP contribution in [0.1, 0.15) is 88.1 Å². The number of aliphatic imine (C=N–C) groups is 1. The summed E-state index contributed by atoms with van der Waals surface area (Å²) in [7, 11) is 0. The molecule has 0 aliphatic heterocycles. The topological polar surface area (TPSA) is 183 Å². The first-order valence-electron chi connectivity index (χ1n) is 22.3. The minimum atomic E-state index is -0.862. The van der Waals surface area contributed by atoms with Gasteiger partial charge in [0.2, 0.25) is 0 Å². The van der Waals surface area contributed by atoms with E-state index < -0.39 is 59.1 Å². The number of nitrogens with zero attached hydrogens (tertiary/aromatic N) is 2. The fraction of sp³-hybridized carbons (Fsp3) is 0.346. The first kappa shape index (κ1) is 47.9. The van der Waals surface area contributed by atoms with E-state index in [1.54, 1.807) is 60.9 Å². The molecule has 2 atom stereocenters. The van der Waals surface area contributed by atoms with Crippen LogP contribution in [0.2, 0.25) is 0 Å². The zero-order valence-corrected chi connectivity index (χ0v) is 38.2. The quantitative estimate of drug-likeness (QED) is 0.0449. The Bertz CT molecular complexity index is 2580.